The van der Waals surface area contributed by atoms with Crippen molar-refractivity contribution in [3.63, 3.8) is 0 Å². The predicted molar refractivity (Wildman–Crippen MR) is 86.1 cm³/mol. The van der Waals surface area contributed by atoms with E-state index >= 15 is 0 Å². The van der Waals surface area contributed by atoms with Crippen LogP contribution in [-0.2, 0) is 19.4 Å². The molecule has 0 aliphatic heterocycles. The summed E-state index contributed by atoms with van der Waals surface area (Å²) >= 11 is 0. The molecular weight excluding hydrogens is 295 g/mol. The van der Waals surface area contributed by atoms with Crippen LogP contribution in [0.25, 0.3) is 5.65 Å². The Labute approximate surface area is 133 Å². The molecule has 0 aliphatic carbocycles. The zero-order valence-electron chi connectivity index (χ0n) is 13.3. The lowest BCUT2D eigenvalue weighted by Crippen LogP contribution is -2.26. The highest BCUT2D eigenvalue weighted by Crippen LogP contribution is 2.10. The van der Waals surface area contributed by atoms with E-state index < -0.39 is 0 Å². The Balaban J connectivity index is 2.13. The zero-order chi connectivity index (χ0) is 16.4. The van der Waals surface area contributed by atoms with Gasteiger partial charge in [-0.2, -0.15) is 0 Å². The Bertz CT molecular complexity index is 897. The topological polar surface area (TPSA) is 52.2 Å². The largest absolute Gasteiger partial charge is 0.304 e. The van der Waals surface area contributed by atoms with Crippen LogP contribution in [0, 0.1) is 5.82 Å². The SMILES string of the molecule is CCCc1nnc2c(=O)n(Cc3cccc(F)c3)c(CC)cn12. The predicted octanol–water partition coefficient (Wildman–Crippen LogP) is 2.59. The van der Waals surface area contributed by atoms with Crippen LogP contribution in [0.3, 0.4) is 0 Å². The van der Waals surface area contributed by atoms with E-state index in [4.69, 9.17) is 0 Å². The van der Waals surface area contributed by atoms with Crippen LogP contribution in [-0.4, -0.2) is 19.2 Å². The molecular formula is C17H19FN4O. The highest BCUT2D eigenvalue weighted by molar-refractivity contribution is 5.37. The molecule has 1 aromatic carbocycles. The van der Waals surface area contributed by atoms with E-state index in [0.717, 1.165) is 29.9 Å². The lowest BCUT2D eigenvalue weighted by molar-refractivity contribution is 0.620. The second kappa shape index (κ2) is 6.32. The van der Waals surface area contributed by atoms with Crippen LogP contribution in [0.4, 0.5) is 4.39 Å². The van der Waals surface area contributed by atoms with Gasteiger partial charge in [0, 0.05) is 18.3 Å². The minimum Gasteiger partial charge on any atom is -0.304 e. The fraction of sp³-hybridized carbons (Fsp3) is 0.353. The van der Waals surface area contributed by atoms with Crippen LogP contribution in [0.15, 0.2) is 35.3 Å². The number of rotatable bonds is 5. The van der Waals surface area contributed by atoms with Gasteiger partial charge in [-0.15, -0.1) is 10.2 Å². The summed E-state index contributed by atoms with van der Waals surface area (Å²) in [7, 11) is 0. The Morgan fingerprint density at radius 1 is 1.22 bits per heavy atom. The second-order valence-electron chi connectivity index (χ2n) is 5.56. The molecule has 0 atom stereocenters. The maximum Gasteiger partial charge on any atom is 0.296 e. The van der Waals surface area contributed by atoms with E-state index in [-0.39, 0.29) is 11.4 Å². The third kappa shape index (κ3) is 2.88. The summed E-state index contributed by atoms with van der Waals surface area (Å²) in [6.07, 6.45) is 4.33. The standard InChI is InChI=1S/C17H19FN4O/c1-3-6-15-19-20-16-17(23)21(14(4-2)11-22(15)16)10-12-7-5-8-13(18)9-12/h5,7-9,11H,3-4,6,10H2,1-2H3. The number of aromatic nitrogens is 4. The summed E-state index contributed by atoms with van der Waals surface area (Å²) in [5.74, 6) is 0.495. The molecule has 0 N–H and O–H groups in total. The summed E-state index contributed by atoms with van der Waals surface area (Å²) in [4.78, 5) is 12.8. The molecule has 0 spiro atoms. The average molecular weight is 314 g/mol. The molecule has 3 aromatic rings. The van der Waals surface area contributed by atoms with Gasteiger partial charge in [0.05, 0.1) is 6.54 Å². The van der Waals surface area contributed by atoms with E-state index in [1.54, 1.807) is 15.0 Å². The summed E-state index contributed by atoms with van der Waals surface area (Å²) in [6, 6.07) is 6.30. The van der Waals surface area contributed by atoms with Crippen LogP contribution in [0.2, 0.25) is 0 Å². The molecule has 23 heavy (non-hydrogen) atoms. The number of hydrogen-bond acceptors (Lipinski definition) is 3. The number of fused-ring (bicyclic) bond motifs is 1. The molecule has 0 bridgehead atoms. The van der Waals surface area contributed by atoms with Gasteiger partial charge in [0.2, 0.25) is 5.65 Å². The van der Waals surface area contributed by atoms with Crippen LogP contribution >= 0.6 is 0 Å². The fourth-order valence-corrected chi connectivity index (χ4v) is 2.74. The molecule has 3 rings (SSSR count). The molecule has 0 saturated heterocycles. The van der Waals surface area contributed by atoms with Crippen LogP contribution in [0.5, 0.6) is 0 Å². The molecule has 0 unspecified atom stereocenters. The van der Waals surface area contributed by atoms with Crippen LogP contribution in [0.1, 0.15) is 37.4 Å². The monoisotopic (exact) mass is 314 g/mol. The minimum atomic E-state index is -0.303. The van der Waals surface area contributed by atoms with E-state index in [1.165, 1.54) is 12.1 Å². The lowest BCUT2D eigenvalue weighted by atomic mass is 10.2. The van der Waals surface area contributed by atoms with Crippen molar-refractivity contribution in [1.29, 1.82) is 0 Å². The first-order valence-electron chi connectivity index (χ1n) is 7.84. The summed E-state index contributed by atoms with van der Waals surface area (Å²) in [5, 5.41) is 8.16. The Hall–Kier alpha value is -2.50. The normalized spacial score (nSPS) is 11.3. The average Bonchev–Trinajstić information content (AvgIpc) is 2.93. The van der Waals surface area contributed by atoms with Crippen molar-refractivity contribution in [1.82, 2.24) is 19.2 Å². The minimum absolute atomic E-state index is 0.191. The van der Waals surface area contributed by atoms with Gasteiger partial charge in [0.15, 0.2) is 0 Å². The summed E-state index contributed by atoms with van der Waals surface area (Å²) in [6.45, 7) is 4.38. The van der Waals surface area contributed by atoms with Gasteiger partial charge in [-0.3, -0.25) is 9.20 Å². The number of aryl methyl sites for hydroxylation is 2. The highest BCUT2D eigenvalue weighted by atomic mass is 19.1. The Morgan fingerprint density at radius 2 is 2.04 bits per heavy atom. The van der Waals surface area contributed by atoms with Crippen molar-refractivity contribution in [2.75, 3.05) is 0 Å². The molecule has 120 valence electrons. The van der Waals surface area contributed by atoms with Gasteiger partial charge >= 0.3 is 0 Å². The van der Waals surface area contributed by atoms with Gasteiger partial charge in [-0.25, -0.2) is 4.39 Å². The molecule has 0 aliphatic rings. The molecule has 6 heteroatoms. The summed E-state index contributed by atoms with van der Waals surface area (Å²) < 4.78 is 16.8. The van der Waals surface area contributed by atoms with Crippen molar-refractivity contribution in [3.8, 4) is 0 Å². The first kappa shape index (κ1) is 15.4. The first-order valence-corrected chi connectivity index (χ1v) is 7.84. The van der Waals surface area contributed by atoms with Crippen LogP contribution < -0.4 is 5.56 Å². The highest BCUT2D eigenvalue weighted by Gasteiger charge is 2.14. The van der Waals surface area contributed by atoms with Crippen molar-refractivity contribution >= 4 is 5.65 Å². The number of halogens is 1. The fourth-order valence-electron chi connectivity index (χ4n) is 2.74. The van der Waals surface area contributed by atoms with Gasteiger partial charge in [-0.1, -0.05) is 26.0 Å². The molecule has 0 radical (unpaired) electrons. The van der Waals surface area contributed by atoms with Crippen molar-refractivity contribution in [2.24, 2.45) is 0 Å². The number of nitrogens with zero attached hydrogens (tertiary/aromatic N) is 4. The van der Waals surface area contributed by atoms with E-state index in [2.05, 4.69) is 17.1 Å². The van der Waals surface area contributed by atoms with E-state index in [9.17, 15) is 9.18 Å². The third-order valence-corrected chi connectivity index (χ3v) is 3.89. The second-order valence-corrected chi connectivity index (χ2v) is 5.56. The third-order valence-electron chi connectivity index (χ3n) is 3.89. The van der Waals surface area contributed by atoms with Gasteiger partial charge < -0.3 is 4.57 Å². The smallest absolute Gasteiger partial charge is 0.296 e. The first-order chi connectivity index (χ1) is 11.1. The van der Waals surface area contributed by atoms with Crippen molar-refractivity contribution < 1.29 is 4.39 Å². The van der Waals surface area contributed by atoms with Gasteiger partial charge in [0.25, 0.3) is 5.56 Å². The molecule has 5 nitrogen and oxygen atoms in total. The molecule has 2 aromatic heterocycles. The zero-order valence-corrected chi connectivity index (χ0v) is 13.3. The number of benzene rings is 1. The Morgan fingerprint density at radius 3 is 2.74 bits per heavy atom. The molecule has 0 saturated carbocycles. The summed E-state index contributed by atoms with van der Waals surface area (Å²) in [5.41, 5.74) is 1.76. The van der Waals surface area contributed by atoms with Crippen molar-refractivity contribution in [3.05, 3.63) is 63.7 Å². The quantitative estimate of drug-likeness (QED) is 0.727. The molecule has 0 fully saturated rings. The van der Waals surface area contributed by atoms with Gasteiger partial charge in [0.1, 0.15) is 11.6 Å². The molecule has 0 amide bonds. The lowest BCUT2D eigenvalue weighted by Gasteiger charge is -2.13. The van der Waals surface area contributed by atoms with Gasteiger partial charge in [-0.05, 0) is 30.5 Å². The maximum absolute atomic E-state index is 13.4. The van der Waals surface area contributed by atoms with Crippen molar-refractivity contribution in [2.45, 2.75) is 39.7 Å². The van der Waals surface area contributed by atoms with E-state index in [0.29, 0.717) is 18.6 Å². The maximum atomic E-state index is 13.4. The van der Waals surface area contributed by atoms with E-state index in [1.807, 2.05) is 19.2 Å². The number of hydrogen-bond donors (Lipinski definition) is 0. The molecule has 2 heterocycles. The Kier molecular flexibility index (Phi) is 4.23.